The van der Waals surface area contributed by atoms with Gasteiger partial charge in [-0.1, -0.05) is 42.5 Å². The molecule has 1 heterocycles. The molecule has 2 aromatic carbocycles. The summed E-state index contributed by atoms with van der Waals surface area (Å²) in [6, 6.07) is 13.8. The Morgan fingerprint density at radius 1 is 1.00 bits per heavy atom. The molecule has 0 aliphatic heterocycles. The van der Waals surface area contributed by atoms with Crippen LogP contribution in [0.15, 0.2) is 60.1 Å². The average molecular weight is 348 g/mol. The maximum atomic E-state index is 13.0. The van der Waals surface area contributed by atoms with E-state index >= 15 is 0 Å². The van der Waals surface area contributed by atoms with E-state index in [4.69, 9.17) is 0 Å². The Hall–Kier alpha value is -2.67. The lowest BCUT2D eigenvalue weighted by Gasteiger charge is -2.12. The molecule has 7 heteroatoms. The molecule has 3 nitrogen and oxygen atoms in total. The fraction of sp³-hybridized carbons (Fsp3) is 0.0588. The molecular weight excluding hydrogens is 337 g/mol. The van der Waals surface area contributed by atoms with E-state index in [9.17, 15) is 18.0 Å². The van der Waals surface area contributed by atoms with Crippen molar-refractivity contribution in [3.63, 3.8) is 0 Å². The molecule has 1 N–H and O–H groups in total. The Balaban J connectivity index is 1.92. The quantitative estimate of drug-likeness (QED) is 0.717. The van der Waals surface area contributed by atoms with Gasteiger partial charge in [0.25, 0.3) is 5.91 Å². The molecule has 3 rings (SSSR count). The highest BCUT2D eigenvalue weighted by atomic mass is 32.1. The molecule has 122 valence electrons. The second-order valence-electron chi connectivity index (χ2n) is 4.89. The number of nitrogens with zero attached hydrogens (tertiary/aromatic N) is 1. The van der Waals surface area contributed by atoms with Crippen molar-refractivity contribution in [2.45, 2.75) is 6.18 Å². The first-order valence-electron chi connectivity index (χ1n) is 6.93. The minimum Gasteiger partial charge on any atom is -0.312 e. The number of benzene rings is 2. The molecule has 0 atom stereocenters. The van der Waals surface area contributed by atoms with Gasteiger partial charge in [0.1, 0.15) is 10.7 Å². The highest BCUT2D eigenvalue weighted by Crippen LogP contribution is 2.34. The zero-order valence-electron chi connectivity index (χ0n) is 12.2. The van der Waals surface area contributed by atoms with Crippen LogP contribution in [0.5, 0.6) is 0 Å². The van der Waals surface area contributed by atoms with Gasteiger partial charge in [0.2, 0.25) is 0 Å². The summed E-state index contributed by atoms with van der Waals surface area (Å²) < 4.78 is 39.1. The van der Waals surface area contributed by atoms with Crippen molar-refractivity contribution in [2.24, 2.45) is 0 Å². The third kappa shape index (κ3) is 3.30. The molecule has 0 bridgehead atoms. The Morgan fingerprint density at radius 2 is 1.67 bits per heavy atom. The first-order valence-corrected chi connectivity index (χ1v) is 7.81. The van der Waals surface area contributed by atoms with E-state index in [1.165, 1.54) is 17.6 Å². The van der Waals surface area contributed by atoms with E-state index in [2.05, 4.69) is 10.3 Å². The number of alkyl halides is 3. The fourth-order valence-corrected chi connectivity index (χ4v) is 2.93. The number of rotatable bonds is 3. The van der Waals surface area contributed by atoms with Gasteiger partial charge in [-0.15, -0.1) is 11.3 Å². The number of nitrogens with one attached hydrogen (secondary N) is 1. The predicted molar refractivity (Wildman–Crippen MR) is 86.9 cm³/mol. The van der Waals surface area contributed by atoms with Crippen molar-refractivity contribution >= 4 is 22.2 Å². The van der Waals surface area contributed by atoms with Crippen LogP contribution in [0.3, 0.4) is 0 Å². The monoisotopic (exact) mass is 348 g/mol. The minimum absolute atomic E-state index is 0.406. The van der Waals surface area contributed by atoms with E-state index < -0.39 is 23.2 Å². The Kier molecular flexibility index (Phi) is 4.35. The Bertz CT molecular complexity index is 860. The number of aromatic nitrogens is 1. The lowest BCUT2D eigenvalue weighted by atomic mass is 10.1. The number of hydrogen-bond acceptors (Lipinski definition) is 3. The number of amides is 1. The summed E-state index contributed by atoms with van der Waals surface area (Å²) in [5.74, 6) is -0.815. The summed E-state index contributed by atoms with van der Waals surface area (Å²) in [4.78, 5) is 16.5. The fourth-order valence-electron chi connectivity index (χ4n) is 2.24. The number of anilines is 1. The lowest BCUT2D eigenvalue weighted by Crippen LogP contribution is -2.18. The normalized spacial score (nSPS) is 11.3. The van der Waals surface area contributed by atoms with Crippen LogP contribution in [0, 0.1) is 0 Å². The highest BCUT2D eigenvalue weighted by molar-refractivity contribution is 7.14. The first-order chi connectivity index (χ1) is 11.5. The van der Waals surface area contributed by atoms with E-state index in [-0.39, 0.29) is 0 Å². The standard InChI is InChI=1S/C17H11F3N2OS/c18-17(19,20)13-9-5-4-8-12(13)15(23)22-16-14(21-10-24-16)11-6-2-1-3-7-11/h1-10H,(H,22,23). The molecule has 0 radical (unpaired) electrons. The van der Waals surface area contributed by atoms with Crippen LogP contribution in [-0.4, -0.2) is 10.9 Å². The first kappa shape index (κ1) is 16.2. The van der Waals surface area contributed by atoms with Crippen molar-refractivity contribution < 1.29 is 18.0 Å². The van der Waals surface area contributed by atoms with Gasteiger partial charge < -0.3 is 5.32 Å². The zero-order chi connectivity index (χ0) is 17.2. The van der Waals surface area contributed by atoms with Crippen molar-refractivity contribution in [2.75, 3.05) is 5.32 Å². The van der Waals surface area contributed by atoms with Crippen LogP contribution in [-0.2, 0) is 6.18 Å². The molecule has 3 aromatic rings. The zero-order valence-corrected chi connectivity index (χ0v) is 13.0. The van der Waals surface area contributed by atoms with Crippen molar-refractivity contribution in [3.05, 3.63) is 71.2 Å². The highest BCUT2D eigenvalue weighted by Gasteiger charge is 2.35. The second-order valence-corrected chi connectivity index (χ2v) is 5.75. The van der Waals surface area contributed by atoms with Crippen LogP contribution < -0.4 is 5.32 Å². The minimum atomic E-state index is -4.59. The Morgan fingerprint density at radius 3 is 2.38 bits per heavy atom. The number of carbonyl (C=O) groups is 1. The molecule has 0 aliphatic rings. The van der Waals surface area contributed by atoms with Gasteiger partial charge in [0.15, 0.2) is 0 Å². The summed E-state index contributed by atoms with van der Waals surface area (Å²) in [5.41, 5.74) is 1.45. The van der Waals surface area contributed by atoms with Crippen molar-refractivity contribution in [1.29, 1.82) is 0 Å². The van der Waals surface area contributed by atoms with E-state index in [1.54, 1.807) is 0 Å². The second kappa shape index (κ2) is 6.45. The number of thiazole rings is 1. The summed E-state index contributed by atoms with van der Waals surface area (Å²) in [5, 5.41) is 2.94. The summed E-state index contributed by atoms with van der Waals surface area (Å²) >= 11 is 1.16. The van der Waals surface area contributed by atoms with Crippen LogP contribution in [0.25, 0.3) is 11.3 Å². The lowest BCUT2D eigenvalue weighted by molar-refractivity contribution is -0.137. The molecule has 0 unspecified atom stereocenters. The van der Waals surface area contributed by atoms with Gasteiger partial charge in [-0.2, -0.15) is 13.2 Å². The van der Waals surface area contributed by atoms with Crippen LogP contribution >= 0.6 is 11.3 Å². The third-order valence-electron chi connectivity index (χ3n) is 3.32. The molecule has 0 saturated heterocycles. The topological polar surface area (TPSA) is 42.0 Å². The molecule has 24 heavy (non-hydrogen) atoms. The van der Waals surface area contributed by atoms with Crippen LogP contribution in [0.2, 0.25) is 0 Å². The van der Waals surface area contributed by atoms with E-state index in [0.717, 1.165) is 29.0 Å². The average Bonchev–Trinajstić information content (AvgIpc) is 3.03. The third-order valence-corrected chi connectivity index (χ3v) is 4.06. The summed E-state index contributed by atoms with van der Waals surface area (Å²) in [6.45, 7) is 0. The van der Waals surface area contributed by atoms with Gasteiger partial charge in [-0.25, -0.2) is 4.98 Å². The molecule has 1 aromatic heterocycles. The van der Waals surface area contributed by atoms with E-state index in [0.29, 0.717) is 10.7 Å². The molecule has 1 amide bonds. The van der Waals surface area contributed by atoms with Crippen LogP contribution in [0.1, 0.15) is 15.9 Å². The van der Waals surface area contributed by atoms with Gasteiger partial charge in [0.05, 0.1) is 16.6 Å². The van der Waals surface area contributed by atoms with Crippen molar-refractivity contribution in [1.82, 2.24) is 4.98 Å². The summed E-state index contributed by atoms with van der Waals surface area (Å²) in [6.07, 6.45) is -4.59. The maximum absolute atomic E-state index is 13.0. The molecule has 0 spiro atoms. The summed E-state index contributed by atoms with van der Waals surface area (Å²) in [7, 11) is 0. The van der Waals surface area contributed by atoms with Gasteiger partial charge in [0, 0.05) is 5.56 Å². The molecule has 0 aliphatic carbocycles. The molecule has 0 saturated carbocycles. The predicted octanol–water partition coefficient (Wildman–Crippen LogP) is 5.08. The van der Waals surface area contributed by atoms with Gasteiger partial charge in [-0.05, 0) is 12.1 Å². The van der Waals surface area contributed by atoms with Crippen LogP contribution in [0.4, 0.5) is 18.2 Å². The van der Waals surface area contributed by atoms with Crippen molar-refractivity contribution in [3.8, 4) is 11.3 Å². The van der Waals surface area contributed by atoms with E-state index in [1.807, 2.05) is 30.3 Å². The Labute approximate surface area is 139 Å². The molecular formula is C17H11F3N2OS. The van der Waals surface area contributed by atoms with Gasteiger partial charge in [-0.3, -0.25) is 4.79 Å². The molecule has 0 fully saturated rings. The smallest absolute Gasteiger partial charge is 0.312 e. The number of hydrogen-bond donors (Lipinski definition) is 1. The SMILES string of the molecule is O=C(Nc1scnc1-c1ccccc1)c1ccccc1C(F)(F)F. The largest absolute Gasteiger partial charge is 0.417 e. The number of carbonyl (C=O) groups excluding carboxylic acids is 1. The maximum Gasteiger partial charge on any atom is 0.417 e. The number of halogens is 3. The van der Waals surface area contributed by atoms with Gasteiger partial charge >= 0.3 is 6.18 Å².